The largest absolute Gasteiger partial charge is 0.396 e. The summed E-state index contributed by atoms with van der Waals surface area (Å²) in [6.07, 6.45) is 18.4. The fourth-order valence-electron chi connectivity index (χ4n) is 2.36. The van der Waals surface area contributed by atoms with Crippen LogP contribution in [0.15, 0.2) is 0 Å². The van der Waals surface area contributed by atoms with Gasteiger partial charge in [0, 0.05) is 6.61 Å². The number of aliphatic hydroxyl groups excluding tert-OH is 1. The second-order valence-electron chi connectivity index (χ2n) is 5.59. The van der Waals surface area contributed by atoms with Crippen LogP contribution in [0.1, 0.15) is 90.9 Å². The Morgan fingerprint density at radius 3 is 2.00 bits per heavy atom. The van der Waals surface area contributed by atoms with E-state index in [1.807, 2.05) is 0 Å². The lowest BCUT2D eigenvalue weighted by Gasteiger charge is -2.10. The maximum Gasteiger partial charge on any atom is 0.0459 e. The molecule has 18 heavy (non-hydrogen) atoms. The van der Waals surface area contributed by atoms with Crippen molar-refractivity contribution in [2.45, 2.75) is 90.9 Å². The summed E-state index contributed by atoms with van der Waals surface area (Å²) in [5, 5.41) is 9.08. The third-order valence-electron chi connectivity index (χ3n) is 3.87. The van der Waals surface area contributed by atoms with Gasteiger partial charge in [-0.2, -0.15) is 0 Å². The molecule has 0 aliphatic rings. The molecule has 1 atom stereocenters. The molecule has 1 radical (unpaired) electrons. The van der Waals surface area contributed by atoms with E-state index in [1.165, 1.54) is 70.6 Å². The van der Waals surface area contributed by atoms with Crippen LogP contribution in [0.4, 0.5) is 0 Å². The van der Waals surface area contributed by atoms with Crippen molar-refractivity contribution in [3.8, 4) is 0 Å². The van der Waals surface area contributed by atoms with Gasteiger partial charge in [-0.05, 0) is 18.8 Å². The summed E-state index contributed by atoms with van der Waals surface area (Å²) in [6, 6.07) is 0. The van der Waals surface area contributed by atoms with Gasteiger partial charge in [-0.25, -0.2) is 0 Å². The van der Waals surface area contributed by atoms with Gasteiger partial charge in [0.05, 0.1) is 0 Å². The topological polar surface area (TPSA) is 20.2 Å². The molecule has 0 aliphatic heterocycles. The molecule has 0 fully saturated rings. The lowest BCUT2D eigenvalue weighted by Crippen LogP contribution is -2.03. The number of rotatable bonds is 14. The van der Waals surface area contributed by atoms with Gasteiger partial charge in [-0.3, -0.25) is 0 Å². The Balaban J connectivity index is 3.03. The van der Waals surface area contributed by atoms with Gasteiger partial charge in [0.25, 0.3) is 0 Å². The highest BCUT2D eigenvalue weighted by Crippen LogP contribution is 2.15. The van der Waals surface area contributed by atoms with E-state index in [2.05, 4.69) is 20.3 Å². The monoisotopic (exact) mass is 255 g/mol. The molecule has 109 valence electrons. The van der Waals surface area contributed by atoms with E-state index in [4.69, 9.17) is 5.11 Å². The van der Waals surface area contributed by atoms with E-state index in [9.17, 15) is 0 Å². The molecule has 0 aliphatic carbocycles. The summed E-state index contributed by atoms with van der Waals surface area (Å²) in [7, 11) is 0. The second-order valence-corrected chi connectivity index (χ2v) is 5.59. The van der Waals surface area contributed by atoms with E-state index in [0.29, 0.717) is 12.5 Å². The Morgan fingerprint density at radius 2 is 1.44 bits per heavy atom. The Hall–Kier alpha value is -0.0400. The van der Waals surface area contributed by atoms with Crippen molar-refractivity contribution in [2.24, 2.45) is 5.92 Å². The molecular weight excluding hydrogens is 220 g/mol. The quantitative estimate of drug-likeness (QED) is 0.405. The maximum atomic E-state index is 9.08. The second kappa shape index (κ2) is 15.0. The molecule has 0 spiro atoms. The fraction of sp³-hybridized carbons (Fsp3) is 0.941. The zero-order chi connectivity index (χ0) is 13.5. The average Bonchev–Trinajstić information content (AvgIpc) is 2.40. The smallest absolute Gasteiger partial charge is 0.0459 e. The van der Waals surface area contributed by atoms with Crippen LogP contribution >= 0.6 is 0 Å². The molecule has 0 amide bonds. The highest BCUT2D eigenvalue weighted by atomic mass is 16.3. The first-order valence-electron chi connectivity index (χ1n) is 8.27. The van der Waals surface area contributed by atoms with Crippen molar-refractivity contribution in [3.63, 3.8) is 0 Å². The van der Waals surface area contributed by atoms with Crippen LogP contribution in [0.25, 0.3) is 0 Å². The Kier molecular flexibility index (Phi) is 15.0. The molecule has 0 aromatic rings. The van der Waals surface area contributed by atoms with Gasteiger partial charge >= 0.3 is 0 Å². The van der Waals surface area contributed by atoms with Gasteiger partial charge in [0.15, 0.2) is 0 Å². The minimum absolute atomic E-state index is 0.375. The average molecular weight is 255 g/mol. The van der Waals surface area contributed by atoms with Crippen LogP contribution in [0.2, 0.25) is 0 Å². The lowest BCUT2D eigenvalue weighted by atomic mass is 9.98. The van der Waals surface area contributed by atoms with Crippen molar-refractivity contribution >= 4 is 0 Å². The number of hydrogen-bond donors (Lipinski definition) is 1. The molecule has 0 bridgehead atoms. The highest BCUT2D eigenvalue weighted by Gasteiger charge is 2.03. The number of aliphatic hydroxyl groups is 1. The minimum atomic E-state index is 0.375. The van der Waals surface area contributed by atoms with Crippen molar-refractivity contribution < 1.29 is 5.11 Å². The third-order valence-corrected chi connectivity index (χ3v) is 3.87. The molecule has 0 aromatic heterocycles. The van der Waals surface area contributed by atoms with Crippen molar-refractivity contribution in [2.75, 3.05) is 6.61 Å². The molecule has 0 heterocycles. The zero-order valence-electron chi connectivity index (χ0n) is 12.8. The molecule has 0 saturated heterocycles. The minimum Gasteiger partial charge on any atom is -0.396 e. The van der Waals surface area contributed by atoms with Gasteiger partial charge in [0.2, 0.25) is 0 Å². The first kappa shape index (κ1) is 18.0. The third kappa shape index (κ3) is 12.4. The normalized spacial score (nSPS) is 12.8. The molecular formula is C17H35O. The SMILES string of the molecule is CCCCCCC[CH]CCCCCC(CC)CO. The van der Waals surface area contributed by atoms with Crippen molar-refractivity contribution in [1.29, 1.82) is 0 Å². The van der Waals surface area contributed by atoms with E-state index in [1.54, 1.807) is 0 Å². The highest BCUT2D eigenvalue weighted by molar-refractivity contribution is 4.65. The van der Waals surface area contributed by atoms with Gasteiger partial charge < -0.3 is 5.11 Å². The van der Waals surface area contributed by atoms with E-state index in [0.717, 1.165) is 6.42 Å². The standard InChI is InChI=1S/C17H35O/c1-3-5-6-7-8-9-10-11-12-13-14-15-17(4-2)16-18/h10,17-18H,3-9,11-16H2,1-2H3. The van der Waals surface area contributed by atoms with E-state index in [-0.39, 0.29) is 0 Å². The predicted octanol–water partition coefficient (Wildman–Crippen LogP) is 5.52. The van der Waals surface area contributed by atoms with Crippen LogP contribution in [0.5, 0.6) is 0 Å². The first-order valence-corrected chi connectivity index (χ1v) is 8.27. The van der Waals surface area contributed by atoms with Gasteiger partial charge in [0.1, 0.15) is 0 Å². The van der Waals surface area contributed by atoms with Crippen LogP contribution in [0, 0.1) is 12.3 Å². The summed E-state index contributed by atoms with van der Waals surface area (Å²) in [4.78, 5) is 0. The summed E-state index contributed by atoms with van der Waals surface area (Å²) in [5.74, 6) is 0.549. The van der Waals surface area contributed by atoms with E-state index >= 15 is 0 Å². The zero-order valence-corrected chi connectivity index (χ0v) is 12.8. The summed E-state index contributed by atoms with van der Waals surface area (Å²) >= 11 is 0. The molecule has 1 nitrogen and oxygen atoms in total. The number of hydrogen-bond acceptors (Lipinski definition) is 1. The lowest BCUT2D eigenvalue weighted by molar-refractivity contribution is 0.211. The summed E-state index contributed by atoms with van der Waals surface area (Å²) in [5.41, 5.74) is 0. The molecule has 0 rings (SSSR count). The maximum absolute atomic E-state index is 9.08. The Morgan fingerprint density at radius 1 is 0.833 bits per heavy atom. The fourth-order valence-corrected chi connectivity index (χ4v) is 2.36. The summed E-state index contributed by atoms with van der Waals surface area (Å²) < 4.78 is 0. The molecule has 1 heteroatoms. The van der Waals surface area contributed by atoms with Crippen LogP contribution in [0.3, 0.4) is 0 Å². The predicted molar refractivity (Wildman–Crippen MR) is 81.6 cm³/mol. The summed E-state index contributed by atoms with van der Waals surface area (Å²) in [6.45, 7) is 4.82. The van der Waals surface area contributed by atoms with Crippen LogP contribution in [-0.2, 0) is 0 Å². The Bertz CT molecular complexity index is 141. The molecule has 1 unspecified atom stereocenters. The molecule has 0 aromatic carbocycles. The number of unbranched alkanes of at least 4 members (excludes halogenated alkanes) is 10. The van der Waals surface area contributed by atoms with E-state index < -0.39 is 0 Å². The van der Waals surface area contributed by atoms with Crippen molar-refractivity contribution in [3.05, 3.63) is 6.42 Å². The Labute approximate surface area is 115 Å². The van der Waals surface area contributed by atoms with Crippen LogP contribution in [-0.4, -0.2) is 11.7 Å². The van der Waals surface area contributed by atoms with Gasteiger partial charge in [-0.1, -0.05) is 84.5 Å². The van der Waals surface area contributed by atoms with Crippen molar-refractivity contribution in [1.82, 2.24) is 0 Å². The van der Waals surface area contributed by atoms with Crippen LogP contribution < -0.4 is 0 Å². The van der Waals surface area contributed by atoms with Gasteiger partial charge in [-0.15, -0.1) is 0 Å². The molecule has 1 N–H and O–H groups in total. The first-order chi connectivity index (χ1) is 8.85. The molecule has 0 saturated carbocycles.